The van der Waals surface area contributed by atoms with Crippen molar-refractivity contribution in [2.24, 2.45) is 0 Å². The maximum Gasteiger partial charge on any atom is 0.137 e. The topological polar surface area (TPSA) is 19.6 Å². The highest BCUT2D eigenvalue weighted by atomic mass is 127. The van der Waals surface area contributed by atoms with Crippen molar-refractivity contribution in [1.82, 2.24) is 0 Å². The van der Waals surface area contributed by atoms with E-state index in [1.54, 1.807) is 0 Å². The van der Waals surface area contributed by atoms with Crippen LogP contribution in [0.1, 0.15) is 0 Å². The molecule has 0 saturated carbocycles. The number of para-hydroxylation sites is 1. The quantitative estimate of drug-likeness (QED) is 0.214. The van der Waals surface area contributed by atoms with E-state index in [-0.39, 0.29) is 0 Å². The molecule has 126 valence electrons. The third-order valence-electron chi connectivity index (χ3n) is 4.58. The maximum absolute atomic E-state index is 6.02. The lowest BCUT2D eigenvalue weighted by molar-refractivity contribution is 0.669. The Kier molecular flexibility index (Phi) is 4.29. The summed E-state index contributed by atoms with van der Waals surface area (Å²) in [6, 6.07) is 23.1. The molecule has 0 unspecified atom stereocenters. The average Bonchev–Trinajstić information content (AvgIpc) is 3.05. The van der Waals surface area contributed by atoms with Crippen LogP contribution in [0.25, 0.3) is 21.9 Å². The Morgan fingerprint density at radius 3 is 2.40 bits per heavy atom. The molecule has 0 amide bonds. The van der Waals surface area contributed by atoms with Gasteiger partial charge in [0.15, 0.2) is 0 Å². The van der Waals surface area contributed by atoms with Crippen LogP contribution < -0.4 is 9.80 Å². The summed E-state index contributed by atoms with van der Waals surface area (Å²) in [6.07, 6.45) is 0. The molecule has 0 fully saturated rings. The number of benzene rings is 3. The van der Waals surface area contributed by atoms with E-state index in [1.165, 1.54) is 5.69 Å². The van der Waals surface area contributed by atoms with Gasteiger partial charge in [-0.2, -0.15) is 0 Å². The third-order valence-corrected chi connectivity index (χ3v) is 5.60. The summed E-state index contributed by atoms with van der Waals surface area (Å²) in [5.41, 5.74) is 5.37. The minimum absolute atomic E-state index is 0.922. The molecule has 3 aromatic carbocycles. The van der Waals surface area contributed by atoms with E-state index in [2.05, 4.69) is 95.0 Å². The lowest BCUT2D eigenvalue weighted by atomic mass is 10.1. The van der Waals surface area contributed by atoms with Gasteiger partial charge in [0.05, 0.1) is 15.6 Å². The van der Waals surface area contributed by atoms with E-state index in [1.807, 2.05) is 18.2 Å². The summed E-state index contributed by atoms with van der Waals surface area (Å²) in [6.45, 7) is 0. The molecule has 0 radical (unpaired) electrons. The van der Waals surface area contributed by atoms with Gasteiger partial charge in [-0.3, -0.25) is 0 Å². The van der Waals surface area contributed by atoms with Crippen LogP contribution in [0.5, 0.6) is 0 Å². The molecule has 3 nitrogen and oxygen atoms in total. The fourth-order valence-electron chi connectivity index (χ4n) is 3.18. The first-order chi connectivity index (χ1) is 12.2. The van der Waals surface area contributed by atoms with Crippen LogP contribution in [0.4, 0.5) is 17.1 Å². The predicted octanol–water partition coefficient (Wildman–Crippen LogP) is 6.18. The number of fused-ring (bicyclic) bond motifs is 3. The van der Waals surface area contributed by atoms with E-state index in [9.17, 15) is 0 Å². The predicted molar refractivity (Wildman–Crippen MR) is 116 cm³/mol. The Hall–Kier alpha value is -2.21. The Balaban J connectivity index is 1.87. The second-order valence-corrected chi connectivity index (χ2v) is 6.83. The largest absolute Gasteiger partial charge is 0.456 e. The average molecular weight is 442 g/mol. The molecule has 0 aliphatic heterocycles. The lowest BCUT2D eigenvalue weighted by Crippen LogP contribution is -2.15. The van der Waals surface area contributed by atoms with Crippen LogP contribution in [-0.4, -0.2) is 18.6 Å². The van der Waals surface area contributed by atoms with Gasteiger partial charge in [-0.05, 0) is 36.4 Å². The van der Waals surface area contributed by atoms with Crippen LogP contribution in [0.3, 0.4) is 0 Å². The van der Waals surface area contributed by atoms with Crippen molar-refractivity contribution in [2.75, 3.05) is 28.4 Å². The van der Waals surface area contributed by atoms with E-state index in [4.69, 9.17) is 4.42 Å². The van der Waals surface area contributed by atoms with Gasteiger partial charge in [0.2, 0.25) is 0 Å². The van der Waals surface area contributed by atoms with Crippen molar-refractivity contribution < 1.29 is 4.42 Å². The standard InChI is InChI=1S/C21H19IN2O/c1-23(14-22)15-7-5-8-16(13-15)24(2)18-10-6-12-20-21(18)17-9-3-4-11-19(17)25-20/h3-13H,14H2,1-2H3. The number of rotatable bonds is 4. The molecule has 0 aliphatic carbocycles. The summed E-state index contributed by atoms with van der Waals surface area (Å²) >= 11 is 2.38. The summed E-state index contributed by atoms with van der Waals surface area (Å²) in [5, 5.41) is 2.31. The Morgan fingerprint density at radius 1 is 0.840 bits per heavy atom. The number of anilines is 3. The minimum atomic E-state index is 0.922. The first-order valence-electron chi connectivity index (χ1n) is 8.20. The van der Waals surface area contributed by atoms with Crippen LogP contribution in [0, 0.1) is 0 Å². The Labute approximate surface area is 161 Å². The summed E-state index contributed by atoms with van der Waals surface area (Å²) in [5.74, 6) is 0. The van der Waals surface area contributed by atoms with Crippen molar-refractivity contribution in [3.05, 3.63) is 66.7 Å². The molecule has 0 N–H and O–H groups in total. The Bertz CT molecular complexity index is 1040. The highest BCUT2D eigenvalue weighted by Gasteiger charge is 2.14. The first-order valence-corrected chi connectivity index (χ1v) is 9.73. The molecule has 0 atom stereocenters. The molecule has 4 aromatic rings. The highest BCUT2D eigenvalue weighted by molar-refractivity contribution is 14.1. The second-order valence-electron chi connectivity index (χ2n) is 6.14. The molecular formula is C21H19IN2O. The molecule has 4 rings (SSSR count). The lowest BCUT2D eigenvalue weighted by Gasteiger charge is -2.23. The normalized spacial score (nSPS) is 11.2. The monoisotopic (exact) mass is 442 g/mol. The van der Waals surface area contributed by atoms with E-state index in [0.29, 0.717) is 0 Å². The number of furan rings is 1. The van der Waals surface area contributed by atoms with Crippen molar-refractivity contribution in [1.29, 1.82) is 0 Å². The maximum atomic E-state index is 6.02. The summed E-state index contributed by atoms with van der Waals surface area (Å²) in [4.78, 5) is 4.46. The van der Waals surface area contributed by atoms with Gasteiger partial charge in [-0.1, -0.05) is 52.9 Å². The fraction of sp³-hybridized carbons (Fsp3) is 0.143. The highest BCUT2D eigenvalue weighted by Crippen LogP contribution is 2.38. The number of alkyl halides is 1. The molecule has 0 aliphatic rings. The SMILES string of the molecule is CN(CI)c1cccc(N(C)c2cccc3oc4ccccc4c23)c1. The van der Waals surface area contributed by atoms with Crippen LogP contribution in [0.2, 0.25) is 0 Å². The van der Waals surface area contributed by atoms with Crippen molar-refractivity contribution in [3.63, 3.8) is 0 Å². The molecule has 0 saturated heterocycles. The van der Waals surface area contributed by atoms with Crippen molar-refractivity contribution in [2.45, 2.75) is 0 Å². The molecular weight excluding hydrogens is 423 g/mol. The molecule has 25 heavy (non-hydrogen) atoms. The zero-order valence-electron chi connectivity index (χ0n) is 14.2. The van der Waals surface area contributed by atoms with E-state index < -0.39 is 0 Å². The summed E-state index contributed by atoms with van der Waals surface area (Å²) < 4.78 is 6.97. The molecule has 1 heterocycles. The van der Waals surface area contributed by atoms with Gasteiger partial charge in [-0.15, -0.1) is 0 Å². The smallest absolute Gasteiger partial charge is 0.137 e. The van der Waals surface area contributed by atoms with Gasteiger partial charge >= 0.3 is 0 Å². The molecule has 0 bridgehead atoms. The van der Waals surface area contributed by atoms with Gasteiger partial charge in [-0.25, -0.2) is 0 Å². The summed E-state index contributed by atoms with van der Waals surface area (Å²) in [7, 11) is 4.22. The van der Waals surface area contributed by atoms with Crippen LogP contribution in [-0.2, 0) is 0 Å². The molecule has 4 heteroatoms. The zero-order valence-corrected chi connectivity index (χ0v) is 16.4. The fourth-order valence-corrected chi connectivity index (χ4v) is 3.58. The van der Waals surface area contributed by atoms with E-state index >= 15 is 0 Å². The Morgan fingerprint density at radius 2 is 1.56 bits per heavy atom. The number of halogens is 1. The van der Waals surface area contributed by atoms with Gasteiger partial charge < -0.3 is 14.2 Å². The number of nitrogens with zero attached hydrogens (tertiary/aromatic N) is 2. The minimum Gasteiger partial charge on any atom is -0.456 e. The van der Waals surface area contributed by atoms with Crippen LogP contribution in [0.15, 0.2) is 71.1 Å². The third kappa shape index (κ3) is 2.84. The van der Waals surface area contributed by atoms with Gasteiger partial charge in [0, 0.05) is 30.9 Å². The van der Waals surface area contributed by atoms with E-state index in [0.717, 1.165) is 37.9 Å². The number of hydrogen-bond acceptors (Lipinski definition) is 3. The zero-order chi connectivity index (χ0) is 17.4. The number of hydrogen-bond donors (Lipinski definition) is 0. The van der Waals surface area contributed by atoms with Crippen molar-refractivity contribution in [3.8, 4) is 0 Å². The van der Waals surface area contributed by atoms with Gasteiger partial charge in [0.1, 0.15) is 11.2 Å². The second kappa shape index (κ2) is 6.59. The van der Waals surface area contributed by atoms with Crippen LogP contribution >= 0.6 is 22.6 Å². The first kappa shape index (κ1) is 16.3. The molecule has 0 spiro atoms. The molecule has 1 aromatic heterocycles. The van der Waals surface area contributed by atoms with Crippen molar-refractivity contribution >= 4 is 61.6 Å². The van der Waals surface area contributed by atoms with Gasteiger partial charge in [0.25, 0.3) is 0 Å².